The van der Waals surface area contributed by atoms with Gasteiger partial charge in [-0.3, -0.25) is 4.79 Å². The Morgan fingerprint density at radius 3 is 2.89 bits per heavy atom. The standard InChI is InChI=1S/C12H10F2N2O2/c1-3-18-6(2)11-15-8-5-4-7(13)10(14)9(8)12(17)16-11/h4-5H,2-3H2,1H3,(H,15,16,17). The van der Waals surface area contributed by atoms with Crippen molar-refractivity contribution in [3.05, 3.63) is 46.5 Å². The fraction of sp³-hybridized carbons (Fsp3) is 0.167. The van der Waals surface area contributed by atoms with Crippen LogP contribution in [-0.4, -0.2) is 16.6 Å². The average Bonchev–Trinajstić information content (AvgIpc) is 2.33. The van der Waals surface area contributed by atoms with E-state index in [0.29, 0.717) is 6.61 Å². The zero-order valence-corrected chi connectivity index (χ0v) is 9.59. The van der Waals surface area contributed by atoms with Crippen molar-refractivity contribution in [1.29, 1.82) is 0 Å². The van der Waals surface area contributed by atoms with Gasteiger partial charge in [-0.1, -0.05) is 6.58 Å². The highest BCUT2D eigenvalue weighted by atomic mass is 19.2. The molecule has 0 aliphatic rings. The number of benzene rings is 1. The van der Waals surface area contributed by atoms with Gasteiger partial charge in [-0.2, -0.15) is 0 Å². The van der Waals surface area contributed by atoms with Gasteiger partial charge in [0.25, 0.3) is 5.56 Å². The average molecular weight is 252 g/mol. The molecule has 0 unspecified atom stereocenters. The van der Waals surface area contributed by atoms with Crippen molar-refractivity contribution in [2.24, 2.45) is 0 Å². The molecular weight excluding hydrogens is 242 g/mol. The van der Waals surface area contributed by atoms with Gasteiger partial charge in [0.1, 0.15) is 5.39 Å². The van der Waals surface area contributed by atoms with Gasteiger partial charge in [-0.25, -0.2) is 13.8 Å². The normalized spacial score (nSPS) is 10.6. The summed E-state index contributed by atoms with van der Waals surface area (Å²) in [5.74, 6) is -2.04. The maximum Gasteiger partial charge on any atom is 0.262 e. The van der Waals surface area contributed by atoms with Crippen LogP contribution in [0.1, 0.15) is 12.7 Å². The SMILES string of the molecule is C=C(OCC)c1nc2ccc(F)c(F)c2c(=O)[nH]1. The quantitative estimate of drug-likeness (QED) is 0.852. The summed E-state index contributed by atoms with van der Waals surface area (Å²) in [5.41, 5.74) is -0.721. The molecule has 1 heterocycles. The van der Waals surface area contributed by atoms with E-state index in [9.17, 15) is 13.6 Å². The van der Waals surface area contributed by atoms with E-state index in [-0.39, 0.29) is 17.1 Å². The second-order valence-corrected chi connectivity index (χ2v) is 3.53. The molecule has 0 bridgehead atoms. The Balaban J connectivity index is 2.68. The molecule has 1 aromatic carbocycles. The Morgan fingerprint density at radius 2 is 2.22 bits per heavy atom. The Kier molecular flexibility index (Phi) is 3.10. The highest BCUT2D eigenvalue weighted by Gasteiger charge is 2.14. The van der Waals surface area contributed by atoms with E-state index in [1.807, 2.05) is 0 Å². The van der Waals surface area contributed by atoms with Crippen molar-refractivity contribution in [2.45, 2.75) is 6.92 Å². The number of hydrogen-bond acceptors (Lipinski definition) is 3. The van der Waals surface area contributed by atoms with Gasteiger partial charge >= 0.3 is 0 Å². The molecule has 0 radical (unpaired) electrons. The van der Waals surface area contributed by atoms with Gasteiger partial charge in [0.05, 0.1) is 12.1 Å². The maximum absolute atomic E-state index is 13.5. The number of nitrogens with zero attached hydrogens (tertiary/aromatic N) is 1. The smallest absolute Gasteiger partial charge is 0.262 e. The third-order valence-electron chi connectivity index (χ3n) is 2.35. The molecule has 18 heavy (non-hydrogen) atoms. The van der Waals surface area contributed by atoms with E-state index < -0.39 is 22.6 Å². The monoisotopic (exact) mass is 252 g/mol. The minimum Gasteiger partial charge on any atom is -0.491 e. The van der Waals surface area contributed by atoms with E-state index in [0.717, 1.165) is 6.07 Å². The molecule has 0 spiro atoms. The minimum absolute atomic E-state index is 0.0495. The predicted molar refractivity (Wildman–Crippen MR) is 62.9 cm³/mol. The lowest BCUT2D eigenvalue weighted by Gasteiger charge is -2.07. The number of aromatic amines is 1. The molecule has 1 N–H and O–H groups in total. The van der Waals surface area contributed by atoms with Crippen molar-refractivity contribution >= 4 is 16.7 Å². The molecular formula is C12H10F2N2O2. The summed E-state index contributed by atoms with van der Waals surface area (Å²) in [6.45, 7) is 5.69. The summed E-state index contributed by atoms with van der Waals surface area (Å²) < 4.78 is 31.6. The highest BCUT2D eigenvalue weighted by molar-refractivity contribution is 5.79. The molecule has 2 rings (SSSR count). The fourth-order valence-corrected chi connectivity index (χ4v) is 1.54. The predicted octanol–water partition coefficient (Wildman–Crippen LogP) is 2.21. The highest BCUT2D eigenvalue weighted by Crippen LogP contribution is 2.17. The third kappa shape index (κ3) is 1.97. The minimum atomic E-state index is -1.21. The largest absolute Gasteiger partial charge is 0.491 e. The number of nitrogens with one attached hydrogen (secondary N) is 1. The molecule has 0 aliphatic carbocycles. The number of H-pyrrole nitrogens is 1. The number of ether oxygens (including phenoxy) is 1. The van der Waals surface area contributed by atoms with Crippen LogP contribution in [0.4, 0.5) is 8.78 Å². The van der Waals surface area contributed by atoms with Crippen LogP contribution in [0.25, 0.3) is 16.7 Å². The lowest BCUT2D eigenvalue weighted by Crippen LogP contribution is -2.14. The zero-order chi connectivity index (χ0) is 13.3. The van der Waals surface area contributed by atoms with Gasteiger partial charge in [-0.05, 0) is 19.1 Å². The first kappa shape index (κ1) is 12.2. The van der Waals surface area contributed by atoms with Crippen molar-refractivity contribution < 1.29 is 13.5 Å². The summed E-state index contributed by atoms with van der Waals surface area (Å²) in [7, 11) is 0. The van der Waals surface area contributed by atoms with E-state index >= 15 is 0 Å². The summed E-state index contributed by atoms with van der Waals surface area (Å²) >= 11 is 0. The molecule has 0 atom stereocenters. The molecule has 2 aromatic rings. The van der Waals surface area contributed by atoms with Crippen molar-refractivity contribution in [1.82, 2.24) is 9.97 Å². The number of halogens is 2. The van der Waals surface area contributed by atoms with E-state index in [1.165, 1.54) is 6.07 Å². The van der Waals surface area contributed by atoms with Gasteiger partial charge in [-0.15, -0.1) is 0 Å². The molecule has 1 aromatic heterocycles. The van der Waals surface area contributed by atoms with Crippen LogP contribution in [0, 0.1) is 11.6 Å². The van der Waals surface area contributed by atoms with Crippen LogP contribution < -0.4 is 5.56 Å². The lowest BCUT2D eigenvalue weighted by atomic mass is 10.2. The van der Waals surface area contributed by atoms with E-state index in [2.05, 4.69) is 16.5 Å². The van der Waals surface area contributed by atoms with Crippen molar-refractivity contribution in [3.63, 3.8) is 0 Å². The van der Waals surface area contributed by atoms with Gasteiger partial charge in [0, 0.05) is 0 Å². The molecule has 4 nitrogen and oxygen atoms in total. The first-order chi connectivity index (χ1) is 8.54. The Morgan fingerprint density at radius 1 is 1.50 bits per heavy atom. The van der Waals surface area contributed by atoms with Gasteiger partial charge < -0.3 is 9.72 Å². The second kappa shape index (κ2) is 4.56. The van der Waals surface area contributed by atoms with Crippen LogP contribution in [0.5, 0.6) is 0 Å². The fourth-order valence-electron chi connectivity index (χ4n) is 1.54. The Labute approximate surface area is 101 Å². The van der Waals surface area contributed by atoms with Crippen molar-refractivity contribution in [2.75, 3.05) is 6.61 Å². The summed E-state index contributed by atoms with van der Waals surface area (Å²) in [5, 5.41) is -0.414. The molecule has 0 fully saturated rings. The molecule has 0 aliphatic heterocycles. The first-order valence-electron chi connectivity index (χ1n) is 5.24. The maximum atomic E-state index is 13.5. The second-order valence-electron chi connectivity index (χ2n) is 3.53. The summed E-state index contributed by atoms with van der Waals surface area (Å²) in [6.07, 6.45) is 0. The molecule has 94 valence electrons. The summed E-state index contributed by atoms with van der Waals surface area (Å²) in [4.78, 5) is 18.0. The van der Waals surface area contributed by atoms with Crippen LogP contribution in [-0.2, 0) is 4.74 Å². The molecule has 0 amide bonds. The van der Waals surface area contributed by atoms with Gasteiger partial charge in [0.2, 0.25) is 0 Å². The summed E-state index contributed by atoms with van der Waals surface area (Å²) in [6, 6.07) is 2.14. The molecule has 6 heteroatoms. The van der Waals surface area contributed by atoms with Crippen molar-refractivity contribution in [3.8, 4) is 0 Å². The Hall–Kier alpha value is -2.24. The molecule has 0 saturated heterocycles. The van der Waals surface area contributed by atoms with E-state index in [4.69, 9.17) is 4.74 Å². The number of fused-ring (bicyclic) bond motifs is 1. The van der Waals surface area contributed by atoms with Crippen LogP contribution in [0.3, 0.4) is 0 Å². The number of rotatable bonds is 3. The lowest BCUT2D eigenvalue weighted by molar-refractivity contribution is 0.296. The first-order valence-corrected chi connectivity index (χ1v) is 5.24. The number of hydrogen-bond donors (Lipinski definition) is 1. The van der Waals surface area contributed by atoms with E-state index in [1.54, 1.807) is 6.92 Å². The third-order valence-corrected chi connectivity index (χ3v) is 2.35. The van der Waals surface area contributed by atoms with Gasteiger partial charge in [0.15, 0.2) is 23.2 Å². The van der Waals surface area contributed by atoms with Crippen LogP contribution in [0.2, 0.25) is 0 Å². The molecule has 0 saturated carbocycles. The topological polar surface area (TPSA) is 55.0 Å². The zero-order valence-electron chi connectivity index (χ0n) is 9.59. The van der Waals surface area contributed by atoms with Crippen LogP contribution in [0.15, 0.2) is 23.5 Å². The Bertz CT molecular complexity index is 680. The van der Waals surface area contributed by atoms with Crippen LogP contribution >= 0.6 is 0 Å². The number of aromatic nitrogens is 2.